The molecule has 0 unspecified atom stereocenters. The Morgan fingerprint density at radius 3 is 1.82 bits per heavy atom. The number of sulfone groups is 1. The quantitative estimate of drug-likeness (QED) is 0.704. The molecule has 0 amide bonds. The summed E-state index contributed by atoms with van der Waals surface area (Å²) in [5.74, 6) is 0.429. The van der Waals surface area contributed by atoms with Gasteiger partial charge in [0, 0.05) is 0 Å². The molecular formula is C14H28O2S. The van der Waals surface area contributed by atoms with Gasteiger partial charge >= 0.3 is 0 Å². The maximum Gasteiger partial charge on any atom is 0.154 e. The van der Waals surface area contributed by atoms with Gasteiger partial charge in [-0.3, -0.25) is 0 Å². The van der Waals surface area contributed by atoms with Crippen molar-refractivity contribution in [3.63, 3.8) is 0 Å². The minimum atomic E-state index is -2.94. The molecule has 0 N–H and O–H groups in total. The second-order valence-electron chi connectivity index (χ2n) is 7.19. The van der Waals surface area contributed by atoms with Gasteiger partial charge in [0.05, 0.1) is 11.5 Å². The van der Waals surface area contributed by atoms with E-state index in [4.69, 9.17) is 0 Å². The smallest absolute Gasteiger partial charge is 0.154 e. The monoisotopic (exact) mass is 260 g/mol. The normalized spacial score (nSPS) is 14.5. The molecule has 0 heterocycles. The lowest BCUT2D eigenvalue weighted by Crippen LogP contribution is -2.22. The molecule has 0 rings (SSSR count). The summed E-state index contributed by atoms with van der Waals surface area (Å²) in [6, 6.07) is 0. The lowest BCUT2D eigenvalue weighted by Gasteiger charge is -2.17. The maximum atomic E-state index is 11.8. The number of allylic oxidation sites excluding steroid dienone is 1. The van der Waals surface area contributed by atoms with Gasteiger partial charge in [-0.2, -0.15) is 0 Å². The molecule has 0 aliphatic rings. The van der Waals surface area contributed by atoms with Crippen LogP contribution in [0.25, 0.3) is 0 Å². The Morgan fingerprint density at radius 2 is 1.41 bits per heavy atom. The fraction of sp³-hybridized carbons (Fsp3) is 0.857. The maximum absolute atomic E-state index is 11.8. The summed E-state index contributed by atoms with van der Waals surface area (Å²) < 4.78 is 23.5. The van der Waals surface area contributed by atoms with Crippen LogP contribution in [0.4, 0.5) is 0 Å². The molecular weight excluding hydrogens is 232 g/mol. The Balaban J connectivity index is 4.07. The van der Waals surface area contributed by atoms with Crippen LogP contribution in [-0.2, 0) is 9.84 Å². The predicted octanol–water partition coefficient (Wildman–Crippen LogP) is 3.83. The van der Waals surface area contributed by atoms with Crippen molar-refractivity contribution in [2.24, 2.45) is 10.8 Å². The third-order valence-corrected chi connectivity index (χ3v) is 4.24. The summed E-state index contributed by atoms with van der Waals surface area (Å²) in [6.45, 7) is 12.4. The summed E-state index contributed by atoms with van der Waals surface area (Å²) in [6.07, 6.45) is 5.83. The van der Waals surface area contributed by atoms with E-state index in [9.17, 15) is 8.42 Å². The third-order valence-electron chi connectivity index (χ3n) is 2.23. The van der Waals surface area contributed by atoms with E-state index in [0.717, 1.165) is 12.8 Å². The van der Waals surface area contributed by atoms with Gasteiger partial charge in [-0.1, -0.05) is 53.7 Å². The third kappa shape index (κ3) is 11.9. The Bertz CT molecular complexity index is 337. The lowest BCUT2D eigenvalue weighted by molar-refractivity contribution is 0.381. The Kier molecular flexibility index (Phi) is 5.92. The molecule has 0 saturated heterocycles. The molecule has 0 aromatic rings. The van der Waals surface area contributed by atoms with Gasteiger partial charge in [-0.05, 0) is 23.7 Å². The summed E-state index contributed by atoms with van der Waals surface area (Å²) in [5, 5.41) is 0. The average molecular weight is 260 g/mol. The standard InChI is InChI=1S/C14H28O2S/c1-13(2,3)10-8-7-9-11-17(15,16)12-14(4,5)6/h7,9H,8,10-12H2,1-6H3/b9-7+. The van der Waals surface area contributed by atoms with Gasteiger partial charge < -0.3 is 0 Å². The minimum absolute atomic E-state index is 0.155. The summed E-state index contributed by atoms with van der Waals surface area (Å²) in [5.41, 5.74) is 0.159. The van der Waals surface area contributed by atoms with Gasteiger partial charge in [0.25, 0.3) is 0 Å². The van der Waals surface area contributed by atoms with Gasteiger partial charge in [0.2, 0.25) is 0 Å². The van der Waals surface area contributed by atoms with Crippen LogP contribution in [-0.4, -0.2) is 19.9 Å². The zero-order valence-corrected chi connectivity index (χ0v) is 13.0. The van der Waals surface area contributed by atoms with Crippen molar-refractivity contribution in [1.82, 2.24) is 0 Å². The SMILES string of the molecule is CC(C)(C)CC/C=C/CS(=O)(=O)CC(C)(C)C. The van der Waals surface area contributed by atoms with Crippen molar-refractivity contribution < 1.29 is 8.42 Å². The van der Waals surface area contributed by atoms with Crippen molar-refractivity contribution in [3.8, 4) is 0 Å². The van der Waals surface area contributed by atoms with Gasteiger partial charge in [-0.15, -0.1) is 0 Å². The molecule has 3 heteroatoms. The van der Waals surface area contributed by atoms with Crippen LogP contribution >= 0.6 is 0 Å². The predicted molar refractivity (Wildman–Crippen MR) is 75.9 cm³/mol. The fourth-order valence-electron chi connectivity index (χ4n) is 1.57. The number of rotatable bonds is 5. The number of hydrogen-bond donors (Lipinski definition) is 0. The van der Waals surface area contributed by atoms with Crippen LogP contribution < -0.4 is 0 Å². The molecule has 0 spiro atoms. The van der Waals surface area contributed by atoms with E-state index in [1.54, 1.807) is 6.08 Å². The van der Waals surface area contributed by atoms with E-state index in [1.807, 2.05) is 26.8 Å². The molecule has 0 aliphatic carbocycles. The van der Waals surface area contributed by atoms with Gasteiger partial charge in [0.15, 0.2) is 9.84 Å². The highest BCUT2D eigenvalue weighted by atomic mass is 32.2. The number of hydrogen-bond acceptors (Lipinski definition) is 2. The molecule has 0 aromatic carbocycles. The first-order valence-corrected chi connectivity index (χ1v) is 8.09. The van der Waals surface area contributed by atoms with E-state index in [1.165, 1.54) is 0 Å². The van der Waals surface area contributed by atoms with Crippen molar-refractivity contribution in [2.45, 2.75) is 54.4 Å². The molecule has 0 atom stereocenters. The van der Waals surface area contributed by atoms with E-state index >= 15 is 0 Å². The molecule has 102 valence electrons. The Hall–Kier alpha value is -0.310. The summed E-state index contributed by atoms with van der Waals surface area (Å²) in [4.78, 5) is 0. The van der Waals surface area contributed by atoms with E-state index < -0.39 is 9.84 Å². The van der Waals surface area contributed by atoms with Crippen LogP contribution in [0.3, 0.4) is 0 Å². The molecule has 0 fully saturated rings. The van der Waals surface area contributed by atoms with E-state index in [2.05, 4.69) is 20.8 Å². The molecule has 0 radical (unpaired) electrons. The molecule has 2 nitrogen and oxygen atoms in total. The molecule has 0 bridgehead atoms. The second kappa shape index (κ2) is 6.03. The molecule has 17 heavy (non-hydrogen) atoms. The first-order valence-electron chi connectivity index (χ1n) is 6.27. The average Bonchev–Trinajstić information content (AvgIpc) is 1.95. The first kappa shape index (κ1) is 16.7. The van der Waals surface area contributed by atoms with Crippen LogP contribution in [0.2, 0.25) is 0 Å². The van der Waals surface area contributed by atoms with Gasteiger partial charge in [-0.25, -0.2) is 8.42 Å². The van der Waals surface area contributed by atoms with Crippen LogP contribution in [0, 0.1) is 10.8 Å². The van der Waals surface area contributed by atoms with Crippen LogP contribution in [0.1, 0.15) is 54.4 Å². The topological polar surface area (TPSA) is 34.1 Å². The van der Waals surface area contributed by atoms with E-state index in [0.29, 0.717) is 5.41 Å². The summed E-state index contributed by atoms with van der Waals surface area (Å²) in [7, 11) is -2.94. The van der Waals surface area contributed by atoms with Crippen LogP contribution in [0.15, 0.2) is 12.2 Å². The Labute approximate surface area is 107 Å². The summed E-state index contributed by atoms with van der Waals surface area (Å²) >= 11 is 0. The highest BCUT2D eigenvalue weighted by Gasteiger charge is 2.20. The molecule has 0 aliphatic heterocycles. The largest absolute Gasteiger partial charge is 0.228 e. The lowest BCUT2D eigenvalue weighted by atomic mass is 9.91. The minimum Gasteiger partial charge on any atom is -0.228 e. The zero-order valence-electron chi connectivity index (χ0n) is 12.2. The fourth-order valence-corrected chi connectivity index (χ4v) is 3.43. The van der Waals surface area contributed by atoms with Crippen molar-refractivity contribution >= 4 is 9.84 Å². The Morgan fingerprint density at radius 1 is 0.882 bits per heavy atom. The van der Waals surface area contributed by atoms with Crippen LogP contribution in [0.5, 0.6) is 0 Å². The van der Waals surface area contributed by atoms with Gasteiger partial charge in [0.1, 0.15) is 0 Å². The first-order chi connectivity index (χ1) is 7.41. The van der Waals surface area contributed by atoms with E-state index in [-0.39, 0.29) is 16.9 Å². The second-order valence-corrected chi connectivity index (χ2v) is 9.30. The van der Waals surface area contributed by atoms with Crippen molar-refractivity contribution in [2.75, 3.05) is 11.5 Å². The molecule has 0 saturated carbocycles. The highest BCUT2D eigenvalue weighted by Crippen LogP contribution is 2.21. The van der Waals surface area contributed by atoms with Crippen molar-refractivity contribution in [3.05, 3.63) is 12.2 Å². The van der Waals surface area contributed by atoms with Crippen molar-refractivity contribution in [1.29, 1.82) is 0 Å². The highest BCUT2D eigenvalue weighted by molar-refractivity contribution is 7.91. The molecule has 0 aromatic heterocycles. The zero-order chi connectivity index (χ0) is 13.7.